The highest BCUT2D eigenvalue weighted by Gasteiger charge is 2.76. The Labute approximate surface area is 179 Å². The average Bonchev–Trinajstić information content (AvgIpc) is 3.12. The van der Waals surface area contributed by atoms with Gasteiger partial charge in [-0.15, -0.1) is 5.47 Å². The van der Waals surface area contributed by atoms with E-state index >= 15 is 0 Å². The van der Waals surface area contributed by atoms with Crippen molar-refractivity contribution in [3.05, 3.63) is 22.3 Å². The van der Waals surface area contributed by atoms with Crippen molar-refractivity contribution in [3.63, 3.8) is 0 Å². The third kappa shape index (κ3) is 2.61. The topological polar surface area (TPSA) is 0 Å². The van der Waals surface area contributed by atoms with Crippen molar-refractivity contribution in [2.45, 2.75) is 128 Å². The molecule has 0 aromatic carbocycles. The van der Waals surface area contributed by atoms with E-state index in [1.165, 1.54) is 38.1 Å². The second-order valence-electron chi connectivity index (χ2n) is 11.3. The zero-order chi connectivity index (χ0) is 21.1. The molecule has 2 bridgehead atoms. The molecule has 156 valence electrons. The molecule has 0 N–H and O–H groups in total. The van der Waals surface area contributed by atoms with Gasteiger partial charge in [-0.1, -0.05) is 110 Å². The van der Waals surface area contributed by atoms with E-state index < -0.39 is 16.1 Å². The van der Waals surface area contributed by atoms with E-state index in [-0.39, 0.29) is 0 Å². The van der Waals surface area contributed by atoms with Crippen LogP contribution in [0, 0.1) is 0 Å². The molecule has 4 unspecified atom stereocenters. The van der Waals surface area contributed by atoms with Gasteiger partial charge >= 0.3 is 0 Å². The third-order valence-electron chi connectivity index (χ3n) is 9.68. The molecule has 0 aromatic rings. The Morgan fingerprint density at radius 1 is 0.857 bits per heavy atom. The van der Waals surface area contributed by atoms with Crippen LogP contribution in [0.15, 0.2) is 22.3 Å². The minimum atomic E-state index is -1.38. The van der Waals surface area contributed by atoms with Crippen LogP contribution >= 0.6 is 0 Å². The minimum absolute atomic E-state index is 0.537. The van der Waals surface area contributed by atoms with Gasteiger partial charge in [0.25, 0.3) is 0 Å². The van der Waals surface area contributed by atoms with Crippen molar-refractivity contribution in [1.29, 1.82) is 0 Å². The SMILES string of the molecule is CCB(CC)C1=C(CC)C2C3(B(CC)CC)C(CC)=C[Si](C)(C)C3C1[Si]2(C)C. The summed E-state index contributed by atoms with van der Waals surface area (Å²) in [5.74, 6) is 0. The lowest BCUT2D eigenvalue weighted by Gasteiger charge is -2.51. The molecule has 3 rings (SSSR count). The lowest BCUT2D eigenvalue weighted by Crippen LogP contribution is -2.44. The van der Waals surface area contributed by atoms with Gasteiger partial charge in [-0.25, -0.2) is 0 Å². The molecule has 0 nitrogen and oxygen atoms in total. The Kier molecular flexibility index (Phi) is 6.19. The quantitative estimate of drug-likeness (QED) is 0.351. The number of hydrogen-bond donors (Lipinski definition) is 0. The van der Waals surface area contributed by atoms with Gasteiger partial charge in [0.15, 0.2) is 13.4 Å². The maximum Gasteiger partial charge on any atom is 0.169 e. The maximum absolute atomic E-state index is 2.92. The highest BCUT2D eigenvalue weighted by Crippen LogP contribution is 2.86. The molecule has 1 fully saturated rings. The Morgan fingerprint density at radius 2 is 1.43 bits per heavy atom. The van der Waals surface area contributed by atoms with Crippen LogP contribution in [0.2, 0.25) is 73.4 Å². The van der Waals surface area contributed by atoms with Crippen molar-refractivity contribution >= 4 is 29.6 Å². The number of rotatable bonds is 8. The van der Waals surface area contributed by atoms with Crippen molar-refractivity contribution in [1.82, 2.24) is 0 Å². The van der Waals surface area contributed by atoms with E-state index in [1.807, 2.05) is 16.6 Å². The molecule has 4 atom stereocenters. The van der Waals surface area contributed by atoms with Gasteiger partial charge in [-0.2, -0.15) is 0 Å². The molecular formula is C24H46B2Si2. The maximum atomic E-state index is 2.92. The van der Waals surface area contributed by atoms with Gasteiger partial charge < -0.3 is 0 Å². The van der Waals surface area contributed by atoms with Crippen LogP contribution in [0.5, 0.6) is 0 Å². The molecular weight excluding hydrogens is 366 g/mol. The number of allylic oxidation sites excluding steroid dienone is 3. The van der Waals surface area contributed by atoms with Gasteiger partial charge in [0.2, 0.25) is 0 Å². The van der Waals surface area contributed by atoms with Gasteiger partial charge in [0, 0.05) is 0 Å². The number of fused-ring (bicyclic) bond motifs is 5. The van der Waals surface area contributed by atoms with Crippen LogP contribution in [0.1, 0.15) is 54.4 Å². The summed E-state index contributed by atoms with van der Waals surface area (Å²) in [5.41, 5.74) is 11.7. The fraction of sp³-hybridized carbons (Fsp3) is 0.833. The molecule has 0 amide bonds. The second kappa shape index (κ2) is 7.63. The molecule has 0 spiro atoms. The van der Waals surface area contributed by atoms with Gasteiger partial charge in [-0.3, -0.25) is 0 Å². The molecule has 0 radical (unpaired) electrons. The standard InChI is InChI=1S/C24H46B2Si2/c1-11-18-17-27(7,8)23-21-20(25(13-3)14-4)19(12-2)22(28(21,9)10)24(18,23)26(15-5)16-6/h17,21-23H,11-16H2,1-10H3. The molecule has 0 aromatic heterocycles. The Morgan fingerprint density at radius 3 is 1.86 bits per heavy atom. The van der Waals surface area contributed by atoms with Crippen LogP contribution in [-0.2, 0) is 0 Å². The third-order valence-corrected chi connectivity index (χ3v) is 18.1. The monoisotopic (exact) mass is 412 g/mol. The first-order chi connectivity index (χ1) is 13.1. The predicted molar refractivity (Wildman–Crippen MR) is 138 cm³/mol. The fourth-order valence-corrected chi connectivity index (χ4v) is 22.2. The molecule has 0 saturated carbocycles. The summed E-state index contributed by atoms with van der Waals surface area (Å²) in [7, 11) is -2.75. The lowest BCUT2D eigenvalue weighted by atomic mass is 9.24. The molecule has 3 aliphatic heterocycles. The van der Waals surface area contributed by atoms with Crippen molar-refractivity contribution < 1.29 is 0 Å². The summed E-state index contributed by atoms with van der Waals surface area (Å²) in [5, 5.41) is 0.537. The van der Waals surface area contributed by atoms with E-state index in [1.54, 1.807) is 0 Å². The van der Waals surface area contributed by atoms with Crippen LogP contribution in [0.25, 0.3) is 0 Å². The minimum Gasteiger partial charge on any atom is -0.101 e. The van der Waals surface area contributed by atoms with Crippen molar-refractivity contribution in [3.8, 4) is 0 Å². The summed E-state index contributed by atoms with van der Waals surface area (Å²) in [6.45, 7) is 27.7. The Bertz CT molecular complexity index is 670. The van der Waals surface area contributed by atoms with Crippen molar-refractivity contribution in [2.24, 2.45) is 0 Å². The molecule has 3 heterocycles. The van der Waals surface area contributed by atoms with Crippen molar-refractivity contribution in [2.75, 3.05) is 0 Å². The first kappa shape index (κ1) is 22.7. The highest BCUT2D eigenvalue weighted by molar-refractivity contribution is 6.97. The molecule has 1 saturated heterocycles. The summed E-state index contributed by atoms with van der Waals surface area (Å²) in [6.07, 6.45) is 8.07. The zero-order valence-corrected chi connectivity index (χ0v) is 22.7. The van der Waals surface area contributed by atoms with E-state index in [2.05, 4.69) is 73.4 Å². The smallest absolute Gasteiger partial charge is 0.101 e. The summed E-state index contributed by atoms with van der Waals surface area (Å²) < 4.78 is 0. The first-order valence-electron chi connectivity index (χ1n) is 12.6. The molecule has 3 aliphatic rings. The van der Waals surface area contributed by atoms with Gasteiger partial charge in [-0.05, 0) is 34.8 Å². The normalized spacial score (nSPS) is 34.6. The van der Waals surface area contributed by atoms with E-state index in [0.29, 0.717) is 5.31 Å². The summed E-state index contributed by atoms with van der Waals surface area (Å²) in [6, 6.07) is 0. The first-order valence-corrected chi connectivity index (χ1v) is 18.9. The van der Waals surface area contributed by atoms with E-state index in [4.69, 9.17) is 0 Å². The van der Waals surface area contributed by atoms with Crippen LogP contribution < -0.4 is 0 Å². The Hall–Kier alpha value is 0.0436. The number of hydrogen-bond acceptors (Lipinski definition) is 0. The summed E-state index contributed by atoms with van der Waals surface area (Å²) >= 11 is 0. The molecule has 28 heavy (non-hydrogen) atoms. The van der Waals surface area contributed by atoms with E-state index in [0.717, 1.165) is 30.0 Å². The van der Waals surface area contributed by atoms with Gasteiger partial charge in [0.05, 0.1) is 16.1 Å². The van der Waals surface area contributed by atoms with E-state index in [9.17, 15) is 0 Å². The fourth-order valence-electron chi connectivity index (χ4n) is 9.24. The van der Waals surface area contributed by atoms with Gasteiger partial charge in [0.1, 0.15) is 0 Å². The lowest BCUT2D eigenvalue weighted by molar-refractivity contribution is 0.556. The van der Waals surface area contributed by atoms with Crippen LogP contribution in [0.4, 0.5) is 0 Å². The molecule has 0 aliphatic carbocycles. The predicted octanol–water partition coefficient (Wildman–Crippen LogP) is 8.49. The van der Waals surface area contributed by atoms with Crippen LogP contribution in [-0.4, -0.2) is 29.6 Å². The largest absolute Gasteiger partial charge is 0.169 e. The van der Waals surface area contributed by atoms with Crippen LogP contribution in [0.3, 0.4) is 0 Å². The molecule has 4 heteroatoms. The highest BCUT2D eigenvalue weighted by atomic mass is 28.3. The Balaban J connectivity index is 2.36. The average molecular weight is 412 g/mol. The zero-order valence-electron chi connectivity index (χ0n) is 20.7. The summed E-state index contributed by atoms with van der Waals surface area (Å²) in [4.78, 5) is 0. The second-order valence-corrected chi connectivity index (χ2v) is 20.7.